The second-order valence-corrected chi connectivity index (χ2v) is 8.24. The van der Waals surface area contributed by atoms with Gasteiger partial charge in [0.15, 0.2) is 0 Å². The van der Waals surface area contributed by atoms with Crippen LogP contribution in [0.2, 0.25) is 5.02 Å². The molecule has 130 valence electrons. The van der Waals surface area contributed by atoms with Crippen LogP contribution in [0.25, 0.3) is 11.3 Å². The van der Waals surface area contributed by atoms with Crippen molar-refractivity contribution in [2.24, 2.45) is 0 Å². The molecule has 0 unspecified atom stereocenters. The topological polar surface area (TPSA) is 50.5 Å². The van der Waals surface area contributed by atoms with Crippen molar-refractivity contribution in [1.29, 1.82) is 0 Å². The lowest BCUT2D eigenvalue weighted by atomic mass is 10.1. The zero-order valence-corrected chi connectivity index (χ0v) is 15.7. The molecule has 1 aromatic heterocycles. The number of hydrogen-bond acceptors (Lipinski definition) is 3. The number of halogens is 1. The molecule has 6 heteroatoms. The van der Waals surface area contributed by atoms with Gasteiger partial charge >= 0.3 is 0 Å². The molecule has 0 aliphatic rings. The molecule has 0 spiro atoms. The van der Waals surface area contributed by atoms with E-state index in [1.54, 1.807) is 19.2 Å². The average Bonchev–Trinajstić information content (AvgIpc) is 3.01. The summed E-state index contributed by atoms with van der Waals surface area (Å²) in [6.07, 6.45) is 0. The molecule has 0 bridgehead atoms. The molecule has 0 amide bonds. The third-order valence-corrected chi connectivity index (χ3v) is 6.08. The molecule has 3 aromatic rings. The van der Waals surface area contributed by atoms with E-state index in [2.05, 4.69) is 0 Å². The van der Waals surface area contributed by atoms with Crippen LogP contribution in [0.4, 0.5) is 5.69 Å². The molecule has 0 aliphatic heterocycles. The van der Waals surface area contributed by atoms with E-state index in [-0.39, 0.29) is 4.90 Å². The number of nitrogens with zero attached hydrogens (tertiary/aromatic N) is 1. The van der Waals surface area contributed by atoms with Gasteiger partial charge in [0.25, 0.3) is 10.0 Å². The van der Waals surface area contributed by atoms with Crippen LogP contribution < -0.4 is 4.31 Å². The summed E-state index contributed by atoms with van der Waals surface area (Å²) >= 11 is 5.86. The van der Waals surface area contributed by atoms with E-state index in [1.807, 2.05) is 44.2 Å². The summed E-state index contributed by atoms with van der Waals surface area (Å²) in [6, 6.07) is 15.5. The van der Waals surface area contributed by atoms with Gasteiger partial charge in [-0.25, -0.2) is 8.42 Å². The van der Waals surface area contributed by atoms with E-state index in [0.29, 0.717) is 16.5 Å². The first kappa shape index (κ1) is 17.6. The van der Waals surface area contributed by atoms with Crippen molar-refractivity contribution < 1.29 is 12.8 Å². The molecule has 25 heavy (non-hydrogen) atoms. The Hall–Kier alpha value is -2.24. The summed E-state index contributed by atoms with van der Waals surface area (Å²) in [5.41, 5.74) is 2.28. The summed E-state index contributed by atoms with van der Waals surface area (Å²) in [4.78, 5) is 0.193. The zero-order valence-electron chi connectivity index (χ0n) is 14.2. The van der Waals surface area contributed by atoms with Gasteiger partial charge in [-0.1, -0.05) is 23.7 Å². The van der Waals surface area contributed by atoms with Crippen LogP contribution in [0.15, 0.2) is 63.9 Å². The van der Waals surface area contributed by atoms with Gasteiger partial charge in [-0.2, -0.15) is 0 Å². The van der Waals surface area contributed by atoms with Crippen molar-refractivity contribution in [3.63, 3.8) is 0 Å². The van der Waals surface area contributed by atoms with Gasteiger partial charge in [0.1, 0.15) is 11.5 Å². The second kappa shape index (κ2) is 6.58. The minimum atomic E-state index is -3.68. The Morgan fingerprint density at radius 1 is 0.960 bits per heavy atom. The molecular formula is C19H18ClNO3S. The van der Waals surface area contributed by atoms with E-state index < -0.39 is 10.0 Å². The maximum atomic E-state index is 12.9. The number of anilines is 1. The number of sulfonamides is 1. The van der Waals surface area contributed by atoms with Crippen LogP contribution in [0.3, 0.4) is 0 Å². The normalized spacial score (nSPS) is 11.5. The first-order chi connectivity index (χ1) is 11.8. The van der Waals surface area contributed by atoms with E-state index in [9.17, 15) is 8.42 Å². The van der Waals surface area contributed by atoms with Crippen LogP contribution in [0.1, 0.15) is 11.3 Å². The lowest BCUT2D eigenvalue weighted by Crippen LogP contribution is -2.27. The SMILES string of the molecule is Cc1ccc(-c2ccc(C)c(N(C)S(=O)(=O)c3ccc(Cl)cc3)c2)o1. The molecule has 0 N–H and O–H groups in total. The number of aryl methyl sites for hydroxylation is 2. The molecule has 2 aromatic carbocycles. The third kappa shape index (κ3) is 3.43. The monoisotopic (exact) mass is 375 g/mol. The fourth-order valence-electron chi connectivity index (χ4n) is 2.59. The minimum absolute atomic E-state index is 0.193. The minimum Gasteiger partial charge on any atom is -0.461 e. The summed E-state index contributed by atoms with van der Waals surface area (Å²) < 4.78 is 32.7. The first-order valence-corrected chi connectivity index (χ1v) is 9.53. The van der Waals surface area contributed by atoms with Gasteiger partial charge in [0, 0.05) is 17.6 Å². The van der Waals surface area contributed by atoms with Crippen LogP contribution in [0.5, 0.6) is 0 Å². The average molecular weight is 376 g/mol. The number of rotatable bonds is 4. The quantitative estimate of drug-likeness (QED) is 0.641. The van der Waals surface area contributed by atoms with E-state index >= 15 is 0 Å². The Labute approximate surface area is 152 Å². The Morgan fingerprint density at radius 2 is 1.64 bits per heavy atom. The van der Waals surface area contributed by atoms with Crippen LogP contribution in [-0.4, -0.2) is 15.5 Å². The van der Waals surface area contributed by atoms with Gasteiger partial charge in [-0.15, -0.1) is 0 Å². The lowest BCUT2D eigenvalue weighted by Gasteiger charge is -2.22. The highest BCUT2D eigenvalue weighted by molar-refractivity contribution is 7.92. The molecule has 0 saturated carbocycles. The summed E-state index contributed by atoms with van der Waals surface area (Å²) in [5.74, 6) is 1.51. The maximum Gasteiger partial charge on any atom is 0.264 e. The van der Waals surface area contributed by atoms with Gasteiger partial charge in [-0.3, -0.25) is 4.31 Å². The van der Waals surface area contributed by atoms with Crippen molar-refractivity contribution >= 4 is 27.3 Å². The van der Waals surface area contributed by atoms with Crippen molar-refractivity contribution in [3.05, 3.63) is 70.9 Å². The van der Waals surface area contributed by atoms with Crippen molar-refractivity contribution in [2.45, 2.75) is 18.7 Å². The Bertz CT molecular complexity index is 1010. The van der Waals surface area contributed by atoms with Gasteiger partial charge in [-0.05, 0) is 61.9 Å². The Balaban J connectivity index is 2.04. The molecule has 0 aliphatic carbocycles. The van der Waals surface area contributed by atoms with Crippen LogP contribution in [-0.2, 0) is 10.0 Å². The predicted molar refractivity (Wildman–Crippen MR) is 101 cm³/mol. The molecular weight excluding hydrogens is 358 g/mol. The highest BCUT2D eigenvalue weighted by Gasteiger charge is 2.23. The molecule has 1 heterocycles. The van der Waals surface area contributed by atoms with Crippen molar-refractivity contribution in [1.82, 2.24) is 0 Å². The summed E-state index contributed by atoms with van der Waals surface area (Å²) in [7, 11) is -2.14. The zero-order chi connectivity index (χ0) is 18.2. The van der Waals surface area contributed by atoms with E-state index in [4.69, 9.17) is 16.0 Å². The highest BCUT2D eigenvalue weighted by atomic mass is 35.5. The van der Waals surface area contributed by atoms with E-state index in [1.165, 1.54) is 16.4 Å². The highest BCUT2D eigenvalue weighted by Crippen LogP contribution is 2.31. The summed E-state index contributed by atoms with van der Waals surface area (Å²) in [5, 5.41) is 0.493. The first-order valence-electron chi connectivity index (χ1n) is 7.71. The summed E-state index contributed by atoms with van der Waals surface area (Å²) in [6.45, 7) is 3.75. The molecule has 0 atom stereocenters. The van der Waals surface area contributed by atoms with Crippen LogP contribution in [0, 0.1) is 13.8 Å². The fourth-order valence-corrected chi connectivity index (χ4v) is 3.96. The number of benzene rings is 2. The molecule has 4 nitrogen and oxygen atoms in total. The van der Waals surface area contributed by atoms with Crippen molar-refractivity contribution in [2.75, 3.05) is 11.4 Å². The number of furan rings is 1. The van der Waals surface area contributed by atoms with Crippen molar-refractivity contribution in [3.8, 4) is 11.3 Å². The third-order valence-electron chi connectivity index (χ3n) is 4.05. The molecule has 3 rings (SSSR count). The second-order valence-electron chi connectivity index (χ2n) is 5.84. The predicted octanol–water partition coefficient (Wildman–Crippen LogP) is 5.04. The smallest absolute Gasteiger partial charge is 0.264 e. The van der Waals surface area contributed by atoms with E-state index in [0.717, 1.165) is 16.9 Å². The Morgan fingerprint density at radius 3 is 2.24 bits per heavy atom. The van der Waals surface area contributed by atoms with Gasteiger partial charge < -0.3 is 4.42 Å². The van der Waals surface area contributed by atoms with Crippen LogP contribution >= 0.6 is 11.6 Å². The number of hydrogen-bond donors (Lipinski definition) is 0. The Kier molecular flexibility index (Phi) is 4.62. The fraction of sp³-hybridized carbons (Fsp3) is 0.158. The maximum absolute atomic E-state index is 12.9. The van der Waals surface area contributed by atoms with Gasteiger partial charge in [0.2, 0.25) is 0 Å². The molecule has 0 saturated heterocycles. The van der Waals surface area contributed by atoms with Gasteiger partial charge in [0.05, 0.1) is 10.6 Å². The lowest BCUT2D eigenvalue weighted by molar-refractivity contribution is 0.548. The molecule has 0 fully saturated rings. The molecule has 0 radical (unpaired) electrons. The standard InChI is InChI=1S/C19H18ClNO3S/c1-13-4-6-15(19-11-5-14(2)24-19)12-18(13)21(3)25(22,23)17-9-7-16(20)8-10-17/h4-12H,1-3H3. The largest absolute Gasteiger partial charge is 0.461 e.